The number of hydrogen-bond acceptors (Lipinski definition) is 9. The summed E-state index contributed by atoms with van der Waals surface area (Å²) in [5, 5.41) is 5.27. The third-order valence-electron chi connectivity index (χ3n) is 11.1. The van der Waals surface area contributed by atoms with Crippen LogP contribution in [0.5, 0.6) is 0 Å². The van der Waals surface area contributed by atoms with Gasteiger partial charge in [-0.15, -0.1) is 0 Å². The van der Waals surface area contributed by atoms with Crippen LogP contribution in [0.4, 0.5) is 18.4 Å². The van der Waals surface area contributed by atoms with Crippen LogP contribution in [0, 0.1) is 17.8 Å². The smallest absolute Gasteiger partial charge is 0.407 e. The van der Waals surface area contributed by atoms with Gasteiger partial charge in [0.1, 0.15) is 29.8 Å². The van der Waals surface area contributed by atoms with Gasteiger partial charge in [-0.2, -0.15) is 8.78 Å². The van der Waals surface area contributed by atoms with Gasteiger partial charge in [-0.05, 0) is 52.5 Å². The lowest BCUT2D eigenvalue weighted by atomic mass is 10.0. The molecule has 2 aliphatic heterocycles. The lowest BCUT2D eigenvalue weighted by Crippen LogP contribution is -2.51. The number of nitrogens with one attached hydrogen (secondary N) is 4. The second-order valence-corrected chi connectivity index (χ2v) is 15.8. The van der Waals surface area contributed by atoms with Crippen molar-refractivity contribution < 1.29 is 42.2 Å². The van der Waals surface area contributed by atoms with Crippen molar-refractivity contribution in [2.24, 2.45) is 17.8 Å². The minimum absolute atomic E-state index is 0.153. The predicted octanol–water partition coefficient (Wildman–Crippen LogP) is 6.85. The Bertz CT molecular complexity index is 2150. The normalized spacial score (nSPS) is 18.9. The van der Waals surface area contributed by atoms with E-state index in [0.29, 0.717) is 36.7 Å². The molecule has 0 spiro atoms. The average molecular weight is 831 g/mol. The van der Waals surface area contributed by atoms with Crippen LogP contribution in [0.25, 0.3) is 33.6 Å². The first-order valence-corrected chi connectivity index (χ1v) is 19.9. The van der Waals surface area contributed by atoms with Crippen molar-refractivity contribution in [3.8, 4) is 33.6 Å². The van der Waals surface area contributed by atoms with Crippen molar-refractivity contribution in [1.29, 1.82) is 0 Å². The van der Waals surface area contributed by atoms with Gasteiger partial charge in [-0.3, -0.25) is 9.59 Å². The van der Waals surface area contributed by atoms with Gasteiger partial charge in [0.25, 0.3) is 0 Å². The third-order valence-corrected chi connectivity index (χ3v) is 11.1. The molecule has 4 aromatic rings. The molecule has 0 aliphatic carbocycles. The minimum atomic E-state index is -2.93. The lowest BCUT2D eigenvalue weighted by molar-refractivity contribution is -0.139. The monoisotopic (exact) mass is 830 g/mol. The minimum Gasteiger partial charge on any atom is -0.453 e. The number of halogens is 2. The van der Waals surface area contributed by atoms with Crippen LogP contribution in [0.1, 0.15) is 64.3 Å². The Morgan fingerprint density at radius 3 is 1.72 bits per heavy atom. The molecule has 0 unspecified atom stereocenters. The fourth-order valence-corrected chi connectivity index (χ4v) is 7.80. The maximum Gasteiger partial charge on any atom is 0.407 e. The molecule has 0 saturated carbocycles. The van der Waals surface area contributed by atoms with E-state index in [1.165, 1.54) is 14.2 Å². The number of alkyl carbamates (subject to hydrolysis) is 2. The molecule has 17 heteroatoms. The van der Waals surface area contributed by atoms with Gasteiger partial charge in [0.15, 0.2) is 0 Å². The summed E-state index contributed by atoms with van der Waals surface area (Å²) >= 11 is 0. The quantitative estimate of drug-likeness (QED) is 0.0988. The Morgan fingerprint density at radius 1 is 0.767 bits per heavy atom. The Balaban J connectivity index is 1.15. The van der Waals surface area contributed by atoms with Crippen molar-refractivity contribution >= 4 is 24.0 Å². The Kier molecular flexibility index (Phi) is 13.7. The van der Waals surface area contributed by atoms with Crippen LogP contribution in [0.3, 0.4) is 0 Å². The second-order valence-electron chi connectivity index (χ2n) is 15.8. The zero-order chi connectivity index (χ0) is 43.2. The van der Waals surface area contributed by atoms with E-state index in [9.17, 15) is 28.0 Å². The molecule has 2 fully saturated rings. The fourth-order valence-electron chi connectivity index (χ4n) is 7.80. The highest BCUT2D eigenvalue weighted by molar-refractivity contribution is 5.87. The molecule has 4 N–H and O–H groups in total. The molecule has 4 heterocycles. The number of methoxy groups -OCH3 is 2. The van der Waals surface area contributed by atoms with E-state index in [1.54, 1.807) is 36.0 Å². The van der Waals surface area contributed by atoms with Crippen LogP contribution >= 0.6 is 0 Å². The Labute approximate surface area is 347 Å². The number of alkyl halides is 2. The van der Waals surface area contributed by atoms with Crippen LogP contribution in [0.2, 0.25) is 0 Å². The van der Waals surface area contributed by atoms with Crippen molar-refractivity contribution in [2.45, 2.75) is 71.3 Å². The van der Waals surface area contributed by atoms with Gasteiger partial charge in [-0.1, -0.05) is 82.8 Å². The van der Waals surface area contributed by atoms with Gasteiger partial charge in [0.2, 0.25) is 11.8 Å². The number of H-pyrrole nitrogens is 2. The number of carbonyl (C=O) groups excluding carboxylic acids is 4. The number of imidazole rings is 2. The molecule has 5 atom stereocenters. The number of aromatic nitrogens is 4. The molecular weight excluding hydrogens is 779 g/mol. The van der Waals surface area contributed by atoms with Gasteiger partial charge in [0.05, 0.1) is 50.6 Å². The first-order valence-electron chi connectivity index (χ1n) is 19.9. The molecule has 2 aliphatic rings. The maximum absolute atomic E-state index is 13.8. The number of carbonyl (C=O) groups is 4. The number of nitrogens with zero attached hydrogens (tertiary/aromatic N) is 4. The summed E-state index contributed by atoms with van der Waals surface area (Å²) in [7, 11) is 2.48. The summed E-state index contributed by atoms with van der Waals surface area (Å²) in [6.45, 7) is 8.98. The summed E-state index contributed by atoms with van der Waals surface area (Å²) in [6.07, 6.45) is 2.95. The van der Waals surface area contributed by atoms with Crippen molar-refractivity contribution in [2.75, 3.05) is 33.9 Å². The number of hydrogen-bond donors (Lipinski definition) is 4. The molecule has 320 valence electrons. The van der Waals surface area contributed by atoms with Crippen molar-refractivity contribution in [3.05, 3.63) is 84.7 Å². The number of likely N-dealkylation sites (tertiary alicyclic amines) is 2. The molecule has 2 saturated heterocycles. The Hall–Kier alpha value is -6.10. The van der Waals surface area contributed by atoms with Crippen molar-refractivity contribution in [3.63, 3.8) is 0 Å². The zero-order valence-corrected chi connectivity index (χ0v) is 34.5. The molecule has 15 nitrogen and oxygen atoms in total. The van der Waals surface area contributed by atoms with E-state index in [2.05, 4.69) is 41.9 Å². The number of rotatable bonds is 14. The van der Waals surface area contributed by atoms with E-state index >= 15 is 0 Å². The first kappa shape index (κ1) is 43.5. The van der Waals surface area contributed by atoms with Crippen LogP contribution in [-0.4, -0.2) is 106 Å². The fraction of sp³-hybridized carbons (Fsp3) is 0.442. The molecule has 0 radical (unpaired) electrons. The number of ether oxygens (including phenoxy) is 3. The number of aromatic amines is 2. The third kappa shape index (κ3) is 9.67. The molecule has 60 heavy (non-hydrogen) atoms. The molecule has 4 amide bonds. The number of amides is 4. The van der Waals surface area contributed by atoms with E-state index < -0.39 is 43.0 Å². The highest BCUT2D eigenvalue weighted by Crippen LogP contribution is 2.38. The van der Waals surface area contributed by atoms with Gasteiger partial charge >= 0.3 is 18.8 Å². The molecule has 2 aromatic heterocycles. The first-order chi connectivity index (χ1) is 28.7. The van der Waals surface area contributed by atoms with Gasteiger partial charge in [0, 0.05) is 19.0 Å². The molecule has 2 aromatic carbocycles. The summed E-state index contributed by atoms with van der Waals surface area (Å²) in [4.78, 5) is 70.8. The molecular formula is C43H52F2N8O7. The van der Waals surface area contributed by atoms with Crippen molar-refractivity contribution in [1.82, 2.24) is 40.4 Å². The van der Waals surface area contributed by atoms with Crippen LogP contribution < -0.4 is 10.6 Å². The van der Waals surface area contributed by atoms with Gasteiger partial charge < -0.3 is 44.6 Å². The zero-order valence-electron chi connectivity index (χ0n) is 34.5. The number of benzene rings is 2. The SMILES string of the molecule is C=C1CCN(C(=O)[C@@H](NC(=O)OC)C(C)C)[C@@H]1c1ncc(-c2ccc(-c3ccc(-c4cnc([C@@H]5C[C@H](COC(F)F)CN5C(=O)[C@@H](NC(=O)OC)C(C)C)[nH]4)cc3)cc2)[nH]1. The van der Waals surface area contributed by atoms with Crippen LogP contribution in [0.15, 0.2) is 73.1 Å². The highest BCUT2D eigenvalue weighted by Gasteiger charge is 2.42. The van der Waals surface area contributed by atoms with Crippen LogP contribution in [-0.2, 0) is 23.8 Å². The second kappa shape index (κ2) is 18.9. The predicted molar refractivity (Wildman–Crippen MR) is 218 cm³/mol. The van der Waals surface area contributed by atoms with E-state index in [0.717, 1.165) is 33.5 Å². The largest absolute Gasteiger partial charge is 0.453 e. The average Bonchev–Trinajstić information content (AvgIpc) is 4.07. The topological polar surface area (TPSA) is 184 Å². The summed E-state index contributed by atoms with van der Waals surface area (Å²) in [6, 6.07) is 13.2. The van der Waals surface area contributed by atoms with Gasteiger partial charge in [-0.25, -0.2) is 19.6 Å². The van der Waals surface area contributed by atoms with E-state index in [4.69, 9.17) is 9.47 Å². The van der Waals surface area contributed by atoms with E-state index in [1.807, 2.05) is 62.4 Å². The van der Waals surface area contributed by atoms with E-state index in [-0.39, 0.29) is 42.7 Å². The standard InChI is InChI=1S/C43H52F2N8O7/c1-23(2)34(50-42(56)58-6)39(54)52-17-16-25(5)36(52)38-47-20-32(49-38)30-14-10-28(11-15-30)27-8-12-29(13-9-27)31-19-46-37(48-31)33-18-26(22-60-41(44)45)21-53(33)40(55)35(24(3)4)51-43(57)59-7/h8-15,19-20,23-24,26,33-36,41H,5,16-18,21-22H2,1-4,6-7H3,(H,46,48)(H,47,49)(H,50,56)(H,51,57)/t26-,33-,34-,35-,36-/m0/s1. The summed E-state index contributed by atoms with van der Waals surface area (Å²) in [5.41, 5.74) is 6.03. The maximum atomic E-state index is 13.8. The molecule has 0 bridgehead atoms. The molecule has 6 rings (SSSR count). The summed E-state index contributed by atoms with van der Waals surface area (Å²) < 4.78 is 40.0. The Morgan fingerprint density at radius 2 is 1.23 bits per heavy atom. The highest BCUT2D eigenvalue weighted by atomic mass is 19.3. The lowest BCUT2D eigenvalue weighted by Gasteiger charge is -2.30. The summed E-state index contributed by atoms with van der Waals surface area (Å²) in [5.74, 6) is -0.330.